The van der Waals surface area contributed by atoms with Gasteiger partial charge in [-0.15, -0.1) is 0 Å². The minimum Gasteiger partial charge on any atom is -0.0988 e. The quantitative estimate of drug-likeness (QED) is 0.570. The molecular weight excluding hydrogens is 156 g/mol. The molecule has 4 rings (SSSR count). The predicted molar refractivity (Wildman–Crippen MR) is 53.1 cm³/mol. The normalized spacial score (nSPS) is 60.2. The molecule has 0 aromatic carbocycles. The average molecular weight is 172 g/mol. The van der Waals surface area contributed by atoms with E-state index in [2.05, 4.69) is 18.7 Å². The monoisotopic (exact) mass is 172 g/mol. The summed E-state index contributed by atoms with van der Waals surface area (Å²) < 4.78 is 0. The molecular formula is C13H16. The van der Waals surface area contributed by atoms with Crippen LogP contribution in [-0.2, 0) is 0 Å². The molecule has 0 amide bonds. The Morgan fingerprint density at radius 1 is 1.31 bits per heavy atom. The van der Waals surface area contributed by atoms with Gasteiger partial charge >= 0.3 is 0 Å². The van der Waals surface area contributed by atoms with Gasteiger partial charge in [0, 0.05) is 0 Å². The van der Waals surface area contributed by atoms with Crippen molar-refractivity contribution >= 4 is 0 Å². The number of hydrogen-bond acceptors (Lipinski definition) is 0. The second kappa shape index (κ2) is 1.80. The van der Waals surface area contributed by atoms with Gasteiger partial charge in [-0.25, -0.2) is 0 Å². The molecule has 0 aromatic heterocycles. The van der Waals surface area contributed by atoms with Gasteiger partial charge in [0.05, 0.1) is 0 Å². The standard InChI is InChI=1S/C13H16/c1-2-8-5-11-6-9-3-4-10-7-12(8)13(9,10)11/h2,5,9-12H,1,3-4,6-7H2. The van der Waals surface area contributed by atoms with Crippen LogP contribution in [0.2, 0.25) is 0 Å². The van der Waals surface area contributed by atoms with E-state index in [1.165, 1.54) is 25.7 Å². The first kappa shape index (κ1) is 6.86. The lowest BCUT2D eigenvalue weighted by Gasteiger charge is -2.63. The van der Waals surface area contributed by atoms with Gasteiger partial charge in [0.1, 0.15) is 0 Å². The van der Waals surface area contributed by atoms with Gasteiger partial charge in [0.25, 0.3) is 0 Å². The second-order valence-corrected chi connectivity index (χ2v) is 5.47. The molecule has 0 heterocycles. The number of rotatable bonds is 1. The highest BCUT2D eigenvalue weighted by molar-refractivity contribution is 5.41. The molecule has 0 heteroatoms. The van der Waals surface area contributed by atoms with Gasteiger partial charge in [-0.05, 0) is 60.3 Å². The van der Waals surface area contributed by atoms with Crippen molar-refractivity contribution in [3.8, 4) is 0 Å². The van der Waals surface area contributed by atoms with Crippen molar-refractivity contribution in [2.75, 3.05) is 0 Å². The molecule has 1 spiro atoms. The largest absolute Gasteiger partial charge is 0.0988 e. The van der Waals surface area contributed by atoms with Crippen LogP contribution in [-0.4, -0.2) is 0 Å². The average Bonchev–Trinajstić information content (AvgIpc) is 2.42. The second-order valence-electron chi connectivity index (χ2n) is 5.47. The third-order valence-electron chi connectivity index (χ3n) is 5.61. The molecule has 0 saturated heterocycles. The van der Waals surface area contributed by atoms with Crippen LogP contribution >= 0.6 is 0 Å². The fraction of sp³-hybridized carbons (Fsp3) is 0.692. The van der Waals surface area contributed by atoms with E-state index in [0.717, 1.165) is 29.1 Å². The molecule has 4 aliphatic carbocycles. The summed E-state index contributed by atoms with van der Waals surface area (Å²) in [4.78, 5) is 0. The summed E-state index contributed by atoms with van der Waals surface area (Å²) in [6, 6.07) is 0. The van der Waals surface area contributed by atoms with Gasteiger partial charge in [0.15, 0.2) is 0 Å². The van der Waals surface area contributed by atoms with E-state index >= 15 is 0 Å². The summed E-state index contributed by atoms with van der Waals surface area (Å²) in [5, 5.41) is 0. The highest BCUT2D eigenvalue weighted by Gasteiger charge is 2.72. The zero-order valence-electron chi connectivity index (χ0n) is 8.00. The highest BCUT2D eigenvalue weighted by Crippen LogP contribution is 2.80. The van der Waals surface area contributed by atoms with E-state index in [4.69, 9.17) is 0 Å². The molecule has 5 atom stereocenters. The maximum absolute atomic E-state index is 3.96. The van der Waals surface area contributed by atoms with E-state index in [1.54, 1.807) is 5.57 Å². The molecule has 0 nitrogen and oxygen atoms in total. The van der Waals surface area contributed by atoms with E-state index in [-0.39, 0.29) is 0 Å². The maximum atomic E-state index is 3.96. The topological polar surface area (TPSA) is 0 Å². The predicted octanol–water partition coefficient (Wildman–Crippen LogP) is 3.16. The summed E-state index contributed by atoms with van der Waals surface area (Å²) in [5.41, 5.74) is 2.41. The lowest BCUT2D eigenvalue weighted by atomic mass is 9.41. The molecule has 0 radical (unpaired) electrons. The summed E-state index contributed by atoms with van der Waals surface area (Å²) in [6.45, 7) is 3.96. The summed E-state index contributed by atoms with van der Waals surface area (Å²) in [6.07, 6.45) is 10.8. The van der Waals surface area contributed by atoms with E-state index in [1.807, 2.05) is 0 Å². The van der Waals surface area contributed by atoms with Gasteiger partial charge in [-0.2, -0.15) is 0 Å². The van der Waals surface area contributed by atoms with Crippen LogP contribution in [0.3, 0.4) is 0 Å². The minimum absolute atomic E-state index is 0.809. The van der Waals surface area contributed by atoms with Crippen LogP contribution in [0, 0.1) is 29.1 Å². The molecule has 68 valence electrons. The first-order chi connectivity index (χ1) is 6.37. The Morgan fingerprint density at radius 2 is 2.08 bits per heavy atom. The van der Waals surface area contributed by atoms with Crippen LogP contribution in [0.25, 0.3) is 0 Å². The van der Waals surface area contributed by atoms with Crippen LogP contribution in [0.15, 0.2) is 24.3 Å². The van der Waals surface area contributed by atoms with Crippen molar-refractivity contribution in [2.24, 2.45) is 29.1 Å². The summed E-state index contributed by atoms with van der Waals surface area (Å²) in [7, 11) is 0. The Labute approximate surface area is 79.7 Å². The van der Waals surface area contributed by atoms with E-state index in [0.29, 0.717) is 0 Å². The SMILES string of the molecule is C=CC1=CC2CC3CCC4CC1C234. The van der Waals surface area contributed by atoms with Crippen molar-refractivity contribution in [1.29, 1.82) is 0 Å². The van der Waals surface area contributed by atoms with Crippen LogP contribution < -0.4 is 0 Å². The van der Waals surface area contributed by atoms with Crippen molar-refractivity contribution in [3.63, 3.8) is 0 Å². The van der Waals surface area contributed by atoms with Gasteiger partial charge in [0.2, 0.25) is 0 Å². The van der Waals surface area contributed by atoms with Crippen LogP contribution in [0.5, 0.6) is 0 Å². The molecule has 13 heavy (non-hydrogen) atoms. The third kappa shape index (κ3) is 0.478. The maximum Gasteiger partial charge on any atom is -0.00948 e. The Morgan fingerprint density at radius 3 is 2.77 bits per heavy atom. The number of hydrogen-bond donors (Lipinski definition) is 0. The summed E-state index contributed by atoms with van der Waals surface area (Å²) >= 11 is 0. The Balaban J connectivity index is 1.83. The molecule has 3 fully saturated rings. The van der Waals surface area contributed by atoms with Crippen molar-refractivity contribution < 1.29 is 0 Å². The zero-order chi connectivity index (χ0) is 8.63. The first-order valence-electron chi connectivity index (χ1n) is 5.71. The van der Waals surface area contributed by atoms with Crippen molar-refractivity contribution in [2.45, 2.75) is 25.7 Å². The molecule has 4 aliphatic rings. The van der Waals surface area contributed by atoms with Gasteiger partial charge in [-0.3, -0.25) is 0 Å². The van der Waals surface area contributed by atoms with E-state index in [9.17, 15) is 0 Å². The number of allylic oxidation sites excluding steroid dienone is 3. The Hall–Kier alpha value is -0.520. The first-order valence-corrected chi connectivity index (χ1v) is 5.71. The molecule has 0 aliphatic heterocycles. The molecule has 0 bridgehead atoms. The lowest BCUT2D eigenvalue weighted by molar-refractivity contribution is -0.136. The van der Waals surface area contributed by atoms with Gasteiger partial charge < -0.3 is 0 Å². The third-order valence-corrected chi connectivity index (χ3v) is 5.61. The zero-order valence-corrected chi connectivity index (χ0v) is 8.00. The van der Waals surface area contributed by atoms with Crippen molar-refractivity contribution in [3.05, 3.63) is 24.3 Å². The summed E-state index contributed by atoms with van der Waals surface area (Å²) in [5.74, 6) is 4.13. The van der Waals surface area contributed by atoms with Crippen LogP contribution in [0.4, 0.5) is 0 Å². The van der Waals surface area contributed by atoms with Crippen molar-refractivity contribution in [1.82, 2.24) is 0 Å². The van der Waals surface area contributed by atoms with E-state index < -0.39 is 0 Å². The van der Waals surface area contributed by atoms with Crippen LogP contribution in [0.1, 0.15) is 25.7 Å². The fourth-order valence-corrected chi connectivity index (χ4v) is 5.19. The Bertz CT molecular complexity index is 317. The lowest BCUT2D eigenvalue weighted by Crippen LogP contribution is -2.58. The Kier molecular flexibility index (Phi) is 0.949. The molecule has 0 aromatic rings. The van der Waals surface area contributed by atoms with Gasteiger partial charge in [-0.1, -0.05) is 18.7 Å². The molecule has 0 N–H and O–H groups in total. The molecule has 3 saturated carbocycles. The minimum atomic E-state index is 0.809. The molecule has 5 unspecified atom stereocenters. The smallest absolute Gasteiger partial charge is 0.00948 e. The fourth-order valence-electron chi connectivity index (χ4n) is 5.19. The highest BCUT2D eigenvalue weighted by atomic mass is 14.8.